The van der Waals surface area contributed by atoms with Gasteiger partial charge >= 0.3 is 0 Å². The molecular formula is C23H38. The van der Waals surface area contributed by atoms with Crippen molar-refractivity contribution in [3.63, 3.8) is 0 Å². The van der Waals surface area contributed by atoms with E-state index < -0.39 is 0 Å². The summed E-state index contributed by atoms with van der Waals surface area (Å²) in [7, 11) is 0. The van der Waals surface area contributed by atoms with Crippen LogP contribution < -0.4 is 0 Å². The fourth-order valence-electron chi connectivity index (χ4n) is 8.33. The first-order chi connectivity index (χ1) is 10.6. The summed E-state index contributed by atoms with van der Waals surface area (Å²) in [4.78, 5) is 0. The Labute approximate surface area is 144 Å². The number of fused-ring (bicyclic) bond motifs is 3. The van der Waals surface area contributed by atoms with E-state index in [1.165, 1.54) is 50.5 Å². The third-order valence-corrected chi connectivity index (χ3v) is 10.4. The molecule has 4 aliphatic rings. The van der Waals surface area contributed by atoms with Crippen LogP contribution >= 0.6 is 0 Å². The molecule has 0 radical (unpaired) electrons. The van der Waals surface area contributed by atoms with Gasteiger partial charge in [-0.1, -0.05) is 46.8 Å². The zero-order valence-electron chi connectivity index (χ0n) is 16.5. The van der Waals surface area contributed by atoms with Crippen molar-refractivity contribution in [2.75, 3.05) is 0 Å². The maximum absolute atomic E-state index is 4.41. The molecule has 7 atom stereocenters. The van der Waals surface area contributed by atoms with E-state index in [1.807, 2.05) is 0 Å². The van der Waals surface area contributed by atoms with Crippen LogP contribution in [-0.4, -0.2) is 0 Å². The molecule has 130 valence electrons. The fourth-order valence-corrected chi connectivity index (χ4v) is 8.33. The zero-order chi connectivity index (χ0) is 16.8. The molecular weight excluding hydrogens is 276 g/mol. The average molecular weight is 315 g/mol. The minimum atomic E-state index is 0.506. The second kappa shape index (κ2) is 4.47. The summed E-state index contributed by atoms with van der Waals surface area (Å²) in [6.45, 7) is 19.8. The molecule has 23 heavy (non-hydrogen) atoms. The molecule has 1 unspecified atom stereocenters. The summed E-state index contributed by atoms with van der Waals surface area (Å²) in [6, 6.07) is 0. The Morgan fingerprint density at radius 2 is 1.61 bits per heavy atom. The molecule has 4 saturated carbocycles. The Morgan fingerprint density at radius 1 is 0.957 bits per heavy atom. The highest BCUT2D eigenvalue weighted by Crippen LogP contribution is 2.79. The normalized spacial score (nSPS) is 57.0. The lowest BCUT2D eigenvalue weighted by Crippen LogP contribution is -2.58. The Bertz CT molecular complexity index is 542. The quantitative estimate of drug-likeness (QED) is 0.464. The van der Waals surface area contributed by atoms with Gasteiger partial charge in [-0.05, 0) is 97.2 Å². The average Bonchev–Trinajstić information content (AvgIpc) is 2.98. The lowest BCUT2D eigenvalue weighted by Gasteiger charge is -2.65. The maximum atomic E-state index is 4.41. The van der Waals surface area contributed by atoms with Crippen molar-refractivity contribution in [1.82, 2.24) is 0 Å². The van der Waals surface area contributed by atoms with Crippen molar-refractivity contribution < 1.29 is 0 Å². The van der Waals surface area contributed by atoms with Crippen LogP contribution in [0.25, 0.3) is 0 Å². The maximum Gasteiger partial charge on any atom is -0.0172 e. The summed E-state index contributed by atoms with van der Waals surface area (Å²) in [6.07, 6.45) is 10.3. The highest BCUT2D eigenvalue weighted by atomic mass is 14.8. The molecule has 0 aromatic heterocycles. The Balaban J connectivity index is 1.76. The van der Waals surface area contributed by atoms with E-state index in [4.69, 9.17) is 0 Å². The molecule has 4 aliphatic carbocycles. The molecule has 0 heterocycles. The lowest BCUT2D eigenvalue weighted by molar-refractivity contribution is -0.164. The van der Waals surface area contributed by atoms with Crippen molar-refractivity contribution in [3.8, 4) is 0 Å². The van der Waals surface area contributed by atoms with Crippen LogP contribution in [0.4, 0.5) is 0 Å². The van der Waals surface area contributed by atoms with Crippen LogP contribution in [0.15, 0.2) is 12.2 Å². The summed E-state index contributed by atoms with van der Waals surface area (Å²) in [5, 5.41) is 0. The smallest absolute Gasteiger partial charge is 0.0172 e. The van der Waals surface area contributed by atoms with E-state index in [9.17, 15) is 0 Å². The van der Waals surface area contributed by atoms with Gasteiger partial charge < -0.3 is 0 Å². The Kier molecular flexibility index (Phi) is 3.15. The molecule has 0 bridgehead atoms. The van der Waals surface area contributed by atoms with E-state index in [2.05, 4.69) is 48.1 Å². The van der Waals surface area contributed by atoms with Crippen molar-refractivity contribution in [2.24, 2.45) is 45.3 Å². The van der Waals surface area contributed by atoms with Gasteiger partial charge in [0.1, 0.15) is 0 Å². The summed E-state index contributed by atoms with van der Waals surface area (Å²) in [5.41, 5.74) is 3.79. The molecule has 0 aromatic carbocycles. The van der Waals surface area contributed by atoms with Crippen LogP contribution in [-0.2, 0) is 0 Å². The van der Waals surface area contributed by atoms with Crippen LogP contribution in [0, 0.1) is 45.3 Å². The van der Waals surface area contributed by atoms with Crippen LogP contribution in [0.5, 0.6) is 0 Å². The first kappa shape index (κ1) is 16.2. The van der Waals surface area contributed by atoms with Crippen molar-refractivity contribution in [2.45, 2.75) is 86.5 Å². The van der Waals surface area contributed by atoms with E-state index >= 15 is 0 Å². The Hall–Kier alpha value is -0.260. The van der Waals surface area contributed by atoms with Crippen molar-refractivity contribution in [3.05, 3.63) is 12.2 Å². The highest BCUT2D eigenvalue weighted by molar-refractivity contribution is 5.22. The van der Waals surface area contributed by atoms with Crippen LogP contribution in [0.2, 0.25) is 0 Å². The largest absolute Gasteiger partial charge is 0.0998 e. The third-order valence-electron chi connectivity index (χ3n) is 10.4. The van der Waals surface area contributed by atoms with Gasteiger partial charge in [-0.15, -0.1) is 0 Å². The molecule has 0 aromatic rings. The minimum absolute atomic E-state index is 0.506. The van der Waals surface area contributed by atoms with Gasteiger partial charge in [-0.3, -0.25) is 0 Å². The summed E-state index contributed by atoms with van der Waals surface area (Å²) < 4.78 is 0. The van der Waals surface area contributed by atoms with Gasteiger partial charge in [0, 0.05) is 0 Å². The highest BCUT2D eigenvalue weighted by Gasteiger charge is 2.72. The lowest BCUT2D eigenvalue weighted by atomic mass is 9.39. The SMILES string of the molecule is C=C(C)[C@@H]1CC[C@]2(C)CC[C@]3(C)[C@H](CC[C@@]4(CC4C)C3(C)C)[C@@H]12. The summed E-state index contributed by atoms with van der Waals surface area (Å²) in [5.74, 6) is 3.60. The van der Waals surface area contributed by atoms with Crippen LogP contribution in [0.3, 0.4) is 0 Å². The van der Waals surface area contributed by atoms with E-state index in [0.717, 1.165) is 23.7 Å². The molecule has 0 saturated heterocycles. The predicted octanol–water partition coefficient (Wildman–Crippen LogP) is 6.86. The Morgan fingerprint density at radius 3 is 2.17 bits per heavy atom. The molecule has 1 spiro atoms. The van der Waals surface area contributed by atoms with Crippen molar-refractivity contribution >= 4 is 0 Å². The summed E-state index contributed by atoms with van der Waals surface area (Å²) >= 11 is 0. The topological polar surface area (TPSA) is 0 Å². The van der Waals surface area contributed by atoms with Gasteiger partial charge in [0.2, 0.25) is 0 Å². The fraction of sp³-hybridized carbons (Fsp3) is 0.913. The number of hydrogen-bond acceptors (Lipinski definition) is 0. The van der Waals surface area contributed by atoms with Gasteiger partial charge in [0.25, 0.3) is 0 Å². The molecule has 0 amide bonds. The standard InChI is InChI=1S/C23H38/c1-15(2)17-8-10-21(6)12-13-22(7)18(19(17)21)9-11-23(14-16(23)3)20(22,4)5/h16-19H,1,8-14H2,2-7H3/t16?,17-,18+,19+,21+,22+,23-/m0/s1. The monoisotopic (exact) mass is 314 g/mol. The second-order valence-electron chi connectivity index (χ2n) is 11.1. The molecule has 0 heteroatoms. The first-order valence-corrected chi connectivity index (χ1v) is 10.2. The molecule has 0 aliphatic heterocycles. The molecule has 4 rings (SSSR count). The van der Waals surface area contributed by atoms with Crippen molar-refractivity contribution in [1.29, 1.82) is 0 Å². The van der Waals surface area contributed by atoms with Gasteiger partial charge in [0.05, 0.1) is 0 Å². The van der Waals surface area contributed by atoms with Gasteiger partial charge in [-0.25, -0.2) is 0 Å². The first-order valence-electron chi connectivity index (χ1n) is 10.2. The predicted molar refractivity (Wildman–Crippen MR) is 99.2 cm³/mol. The number of hydrogen-bond donors (Lipinski definition) is 0. The van der Waals surface area contributed by atoms with Gasteiger partial charge in [-0.2, -0.15) is 0 Å². The molecule has 4 fully saturated rings. The minimum Gasteiger partial charge on any atom is -0.0998 e. The second-order valence-corrected chi connectivity index (χ2v) is 11.1. The molecule has 0 N–H and O–H groups in total. The van der Waals surface area contributed by atoms with E-state index in [-0.39, 0.29) is 0 Å². The van der Waals surface area contributed by atoms with Gasteiger partial charge in [0.15, 0.2) is 0 Å². The third kappa shape index (κ3) is 1.74. The number of allylic oxidation sites excluding steroid dienone is 1. The molecule has 0 nitrogen and oxygen atoms in total. The van der Waals surface area contributed by atoms with E-state index in [0.29, 0.717) is 21.7 Å². The van der Waals surface area contributed by atoms with E-state index in [1.54, 1.807) is 0 Å². The van der Waals surface area contributed by atoms with Crippen LogP contribution in [0.1, 0.15) is 86.5 Å². The number of rotatable bonds is 1. The zero-order valence-corrected chi connectivity index (χ0v) is 16.5.